The van der Waals surface area contributed by atoms with Gasteiger partial charge in [-0.05, 0) is 51.1 Å². The molecule has 1 rings (SSSR count). The predicted molar refractivity (Wildman–Crippen MR) is 76.7 cm³/mol. The number of halogens is 1. The van der Waals surface area contributed by atoms with Crippen LogP contribution < -0.4 is 10.2 Å². The normalized spacial score (nSPS) is 10.6. The fraction of sp³-hybridized carbons (Fsp3) is 0.600. The van der Waals surface area contributed by atoms with Gasteiger partial charge in [0.15, 0.2) is 0 Å². The van der Waals surface area contributed by atoms with E-state index in [0.29, 0.717) is 0 Å². The Morgan fingerprint density at radius 2 is 2.00 bits per heavy atom. The molecule has 1 aromatic carbocycles. The second-order valence-corrected chi connectivity index (χ2v) is 4.47. The van der Waals surface area contributed by atoms with Gasteiger partial charge < -0.3 is 10.2 Å². The molecule has 0 saturated carbocycles. The summed E-state index contributed by atoms with van der Waals surface area (Å²) in [7, 11) is 0. The number of nitrogens with zero attached hydrogens (tertiary/aromatic N) is 1. The molecule has 0 aliphatic heterocycles. The summed E-state index contributed by atoms with van der Waals surface area (Å²) in [6, 6.07) is 6.86. The zero-order valence-corrected chi connectivity index (χ0v) is 11.6. The maximum Gasteiger partial charge on any atom is 0.125 e. The van der Waals surface area contributed by atoms with Crippen LogP contribution in [0.1, 0.15) is 33.1 Å². The van der Waals surface area contributed by atoms with Gasteiger partial charge in [0, 0.05) is 18.8 Å². The van der Waals surface area contributed by atoms with E-state index in [1.54, 1.807) is 12.1 Å². The number of rotatable bonds is 9. The third kappa shape index (κ3) is 5.50. The van der Waals surface area contributed by atoms with E-state index >= 15 is 0 Å². The largest absolute Gasteiger partial charge is 0.372 e. The zero-order chi connectivity index (χ0) is 13.2. The fourth-order valence-corrected chi connectivity index (χ4v) is 2.05. The SMILES string of the molecule is CCNCCCCCN(CC)c1cccc(F)c1. The Kier molecular flexibility index (Phi) is 7.42. The lowest BCUT2D eigenvalue weighted by Crippen LogP contribution is -2.24. The van der Waals surface area contributed by atoms with Gasteiger partial charge in [-0.15, -0.1) is 0 Å². The molecule has 0 bridgehead atoms. The summed E-state index contributed by atoms with van der Waals surface area (Å²) in [5.74, 6) is -0.155. The van der Waals surface area contributed by atoms with Gasteiger partial charge in [0.05, 0.1) is 0 Å². The molecular formula is C15H25FN2. The summed E-state index contributed by atoms with van der Waals surface area (Å²) in [4.78, 5) is 2.23. The van der Waals surface area contributed by atoms with Crippen molar-refractivity contribution in [1.82, 2.24) is 5.32 Å². The Balaban J connectivity index is 2.29. The van der Waals surface area contributed by atoms with Crippen LogP contribution in [0.4, 0.5) is 10.1 Å². The minimum atomic E-state index is -0.155. The molecule has 0 aliphatic rings. The van der Waals surface area contributed by atoms with Crippen molar-refractivity contribution in [3.05, 3.63) is 30.1 Å². The van der Waals surface area contributed by atoms with E-state index in [-0.39, 0.29) is 5.82 Å². The van der Waals surface area contributed by atoms with Gasteiger partial charge in [-0.1, -0.05) is 19.4 Å². The number of anilines is 1. The molecule has 1 aromatic rings. The monoisotopic (exact) mass is 252 g/mol. The Labute approximate surface area is 110 Å². The highest BCUT2D eigenvalue weighted by Gasteiger charge is 2.04. The molecule has 0 heterocycles. The van der Waals surface area contributed by atoms with E-state index in [4.69, 9.17) is 0 Å². The van der Waals surface area contributed by atoms with Crippen LogP contribution in [0.2, 0.25) is 0 Å². The third-order valence-corrected chi connectivity index (χ3v) is 3.09. The smallest absolute Gasteiger partial charge is 0.125 e. The number of hydrogen-bond acceptors (Lipinski definition) is 2. The number of unbranched alkanes of at least 4 members (excludes halogenated alkanes) is 2. The predicted octanol–water partition coefficient (Wildman–Crippen LogP) is 3.43. The number of benzene rings is 1. The minimum Gasteiger partial charge on any atom is -0.372 e. The van der Waals surface area contributed by atoms with Crippen molar-refractivity contribution in [3.8, 4) is 0 Å². The quantitative estimate of drug-likeness (QED) is 0.677. The maximum atomic E-state index is 13.2. The molecule has 0 atom stereocenters. The van der Waals surface area contributed by atoms with Gasteiger partial charge in [0.25, 0.3) is 0 Å². The second kappa shape index (κ2) is 8.92. The van der Waals surface area contributed by atoms with Crippen molar-refractivity contribution in [3.63, 3.8) is 0 Å². The van der Waals surface area contributed by atoms with Crippen LogP contribution in [0.25, 0.3) is 0 Å². The first-order valence-electron chi connectivity index (χ1n) is 6.99. The van der Waals surface area contributed by atoms with E-state index in [2.05, 4.69) is 24.1 Å². The fourth-order valence-electron chi connectivity index (χ4n) is 2.05. The van der Waals surface area contributed by atoms with Crippen LogP contribution in [0, 0.1) is 5.82 Å². The summed E-state index contributed by atoms with van der Waals surface area (Å²) in [6.45, 7) is 8.32. The van der Waals surface area contributed by atoms with Crippen LogP contribution in [-0.4, -0.2) is 26.2 Å². The molecule has 0 unspecified atom stereocenters. The lowest BCUT2D eigenvalue weighted by molar-refractivity contribution is 0.606. The number of nitrogens with one attached hydrogen (secondary N) is 1. The maximum absolute atomic E-state index is 13.2. The lowest BCUT2D eigenvalue weighted by atomic mass is 10.2. The van der Waals surface area contributed by atoms with Gasteiger partial charge in [0.1, 0.15) is 5.82 Å². The molecule has 0 fully saturated rings. The van der Waals surface area contributed by atoms with Crippen LogP contribution in [0.3, 0.4) is 0 Å². The molecular weight excluding hydrogens is 227 g/mol. The highest BCUT2D eigenvalue weighted by Crippen LogP contribution is 2.16. The molecule has 0 saturated heterocycles. The van der Waals surface area contributed by atoms with Crippen molar-refractivity contribution >= 4 is 5.69 Å². The van der Waals surface area contributed by atoms with Crippen molar-refractivity contribution in [1.29, 1.82) is 0 Å². The van der Waals surface area contributed by atoms with Crippen LogP contribution in [-0.2, 0) is 0 Å². The summed E-state index contributed by atoms with van der Waals surface area (Å²) in [5.41, 5.74) is 0.990. The van der Waals surface area contributed by atoms with Crippen molar-refractivity contribution in [2.45, 2.75) is 33.1 Å². The summed E-state index contributed by atoms with van der Waals surface area (Å²) in [6.07, 6.45) is 3.60. The highest BCUT2D eigenvalue weighted by atomic mass is 19.1. The highest BCUT2D eigenvalue weighted by molar-refractivity contribution is 5.46. The van der Waals surface area contributed by atoms with Crippen LogP contribution in [0.5, 0.6) is 0 Å². The van der Waals surface area contributed by atoms with E-state index < -0.39 is 0 Å². The molecule has 0 amide bonds. The van der Waals surface area contributed by atoms with Crippen molar-refractivity contribution < 1.29 is 4.39 Å². The standard InChI is InChI=1S/C15H25FN2/c1-3-17-11-6-5-7-12-18(4-2)15-10-8-9-14(16)13-15/h8-10,13,17H,3-7,11-12H2,1-2H3. The van der Waals surface area contributed by atoms with Crippen molar-refractivity contribution in [2.75, 3.05) is 31.1 Å². The van der Waals surface area contributed by atoms with Crippen LogP contribution >= 0.6 is 0 Å². The molecule has 0 spiro atoms. The van der Waals surface area contributed by atoms with E-state index in [1.165, 1.54) is 18.9 Å². The number of hydrogen-bond donors (Lipinski definition) is 1. The Bertz CT molecular complexity index is 328. The molecule has 0 aromatic heterocycles. The molecule has 102 valence electrons. The second-order valence-electron chi connectivity index (χ2n) is 4.47. The summed E-state index contributed by atoms with van der Waals surface area (Å²) in [5, 5.41) is 3.33. The first kappa shape index (κ1) is 15.0. The molecule has 0 radical (unpaired) electrons. The first-order valence-corrected chi connectivity index (χ1v) is 6.99. The van der Waals surface area contributed by atoms with Crippen LogP contribution in [0.15, 0.2) is 24.3 Å². The third-order valence-electron chi connectivity index (χ3n) is 3.09. The van der Waals surface area contributed by atoms with Gasteiger partial charge in [0.2, 0.25) is 0 Å². The van der Waals surface area contributed by atoms with E-state index in [9.17, 15) is 4.39 Å². The molecule has 3 heteroatoms. The molecule has 0 aliphatic carbocycles. The van der Waals surface area contributed by atoms with E-state index in [1.807, 2.05) is 6.07 Å². The minimum absolute atomic E-state index is 0.155. The topological polar surface area (TPSA) is 15.3 Å². The Morgan fingerprint density at radius 1 is 1.17 bits per heavy atom. The average Bonchev–Trinajstić information content (AvgIpc) is 2.38. The molecule has 2 nitrogen and oxygen atoms in total. The average molecular weight is 252 g/mol. The molecule has 18 heavy (non-hydrogen) atoms. The van der Waals surface area contributed by atoms with E-state index in [0.717, 1.165) is 38.3 Å². The Hall–Kier alpha value is -1.09. The summed E-state index contributed by atoms with van der Waals surface area (Å²) >= 11 is 0. The van der Waals surface area contributed by atoms with Crippen molar-refractivity contribution in [2.24, 2.45) is 0 Å². The molecule has 1 N–H and O–H groups in total. The van der Waals surface area contributed by atoms with Gasteiger partial charge >= 0.3 is 0 Å². The van der Waals surface area contributed by atoms with Gasteiger partial charge in [-0.25, -0.2) is 4.39 Å². The lowest BCUT2D eigenvalue weighted by Gasteiger charge is -2.23. The first-order chi connectivity index (χ1) is 8.77. The van der Waals surface area contributed by atoms with Gasteiger partial charge in [-0.3, -0.25) is 0 Å². The Morgan fingerprint density at radius 3 is 2.67 bits per heavy atom. The van der Waals surface area contributed by atoms with Gasteiger partial charge in [-0.2, -0.15) is 0 Å². The summed E-state index contributed by atoms with van der Waals surface area (Å²) < 4.78 is 13.2. The zero-order valence-electron chi connectivity index (χ0n) is 11.6.